The number of nitrogens with zero attached hydrogens (tertiary/aromatic N) is 1. The lowest BCUT2D eigenvalue weighted by Gasteiger charge is -2.12. The summed E-state index contributed by atoms with van der Waals surface area (Å²) in [5.41, 5.74) is 1.75. The fourth-order valence-corrected chi connectivity index (χ4v) is 1.99. The van der Waals surface area contributed by atoms with Crippen LogP contribution >= 0.6 is 0 Å². The Morgan fingerprint density at radius 1 is 0.818 bits per heavy atom. The molecule has 0 N–H and O–H groups in total. The Labute approximate surface area is 130 Å². The molecule has 2 aromatic rings. The lowest BCUT2D eigenvalue weighted by atomic mass is 10.1. The third-order valence-corrected chi connectivity index (χ3v) is 3.13. The van der Waals surface area contributed by atoms with Crippen LogP contribution in [0.4, 0.5) is 0 Å². The molecule has 116 valence electrons. The van der Waals surface area contributed by atoms with Crippen LogP contribution in [0.3, 0.4) is 0 Å². The summed E-state index contributed by atoms with van der Waals surface area (Å²) in [6.45, 7) is 0. The number of benzene rings is 1. The molecule has 1 aromatic carbocycles. The van der Waals surface area contributed by atoms with Gasteiger partial charge in [-0.3, -0.25) is 4.98 Å². The zero-order valence-electron chi connectivity index (χ0n) is 13.1. The van der Waals surface area contributed by atoms with Crippen LogP contribution < -0.4 is 18.9 Å². The van der Waals surface area contributed by atoms with Gasteiger partial charge in [-0.1, -0.05) is 6.08 Å². The van der Waals surface area contributed by atoms with E-state index in [-0.39, 0.29) is 0 Å². The number of methoxy groups -OCH3 is 4. The maximum absolute atomic E-state index is 5.33. The predicted molar refractivity (Wildman–Crippen MR) is 85.8 cm³/mol. The van der Waals surface area contributed by atoms with Gasteiger partial charge in [-0.2, -0.15) is 0 Å². The Bertz CT molecular complexity index is 625. The van der Waals surface area contributed by atoms with Gasteiger partial charge < -0.3 is 18.9 Å². The third-order valence-electron chi connectivity index (χ3n) is 3.13. The van der Waals surface area contributed by atoms with Crippen LogP contribution in [0.25, 0.3) is 12.2 Å². The van der Waals surface area contributed by atoms with Crippen molar-refractivity contribution in [3.8, 4) is 23.0 Å². The fraction of sp³-hybridized carbons (Fsp3) is 0.235. The SMILES string of the molecule is COc1ccc(/C=C\c2cc(OC)c(OC)c(OC)c2)nc1. The van der Waals surface area contributed by atoms with Crippen LogP contribution in [0.15, 0.2) is 30.5 Å². The van der Waals surface area contributed by atoms with Crippen molar-refractivity contribution in [2.24, 2.45) is 0 Å². The smallest absolute Gasteiger partial charge is 0.203 e. The zero-order valence-corrected chi connectivity index (χ0v) is 13.1. The highest BCUT2D eigenvalue weighted by Gasteiger charge is 2.11. The molecule has 5 heteroatoms. The first-order chi connectivity index (χ1) is 10.7. The monoisotopic (exact) mass is 301 g/mol. The maximum Gasteiger partial charge on any atom is 0.203 e. The molecule has 0 aliphatic rings. The minimum absolute atomic E-state index is 0.574. The summed E-state index contributed by atoms with van der Waals surface area (Å²) in [4.78, 5) is 4.28. The zero-order chi connectivity index (χ0) is 15.9. The lowest BCUT2D eigenvalue weighted by molar-refractivity contribution is 0.324. The molecule has 0 atom stereocenters. The van der Waals surface area contributed by atoms with E-state index in [0.717, 1.165) is 17.0 Å². The Morgan fingerprint density at radius 2 is 1.50 bits per heavy atom. The van der Waals surface area contributed by atoms with Crippen LogP contribution in [0.5, 0.6) is 23.0 Å². The fourth-order valence-electron chi connectivity index (χ4n) is 1.99. The first-order valence-electron chi connectivity index (χ1n) is 6.70. The van der Waals surface area contributed by atoms with Crippen LogP contribution in [0, 0.1) is 0 Å². The van der Waals surface area contributed by atoms with E-state index in [2.05, 4.69) is 4.98 Å². The first-order valence-corrected chi connectivity index (χ1v) is 6.70. The first kappa shape index (κ1) is 15.7. The molecule has 0 saturated carbocycles. The average molecular weight is 301 g/mol. The highest BCUT2D eigenvalue weighted by molar-refractivity contribution is 5.71. The Hall–Kier alpha value is -2.69. The number of ether oxygens (including phenoxy) is 4. The molecule has 0 aliphatic carbocycles. The van der Waals surface area contributed by atoms with Crippen molar-refractivity contribution in [1.82, 2.24) is 4.98 Å². The van der Waals surface area contributed by atoms with Gasteiger partial charge in [0.25, 0.3) is 0 Å². The number of pyridine rings is 1. The molecule has 1 heterocycles. The van der Waals surface area contributed by atoms with Crippen molar-refractivity contribution in [2.75, 3.05) is 28.4 Å². The summed E-state index contributed by atoms with van der Waals surface area (Å²) in [5.74, 6) is 2.53. The Balaban J connectivity index is 2.29. The van der Waals surface area contributed by atoms with Crippen LogP contribution in [0.2, 0.25) is 0 Å². The van der Waals surface area contributed by atoms with E-state index in [1.807, 2.05) is 36.4 Å². The topological polar surface area (TPSA) is 49.8 Å². The molecule has 5 nitrogen and oxygen atoms in total. The molecule has 0 bridgehead atoms. The van der Waals surface area contributed by atoms with E-state index in [1.54, 1.807) is 34.6 Å². The highest BCUT2D eigenvalue weighted by atomic mass is 16.5. The van der Waals surface area contributed by atoms with Gasteiger partial charge in [0, 0.05) is 0 Å². The molecule has 0 unspecified atom stereocenters. The molecule has 0 radical (unpaired) electrons. The number of hydrogen-bond acceptors (Lipinski definition) is 5. The maximum atomic E-state index is 5.33. The summed E-state index contributed by atoms with van der Waals surface area (Å²) in [6, 6.07) is 7.50. The highest BCUT2D eigenvalue weighted by Crippen LogP contribution is 2.38. The summed E-state index contributed by atoms with van der Waals surface area (Å²) in [7, 11) is 6.38. The van der Waals surface area contributed by atoms with E-state index in [1.165, 1.54) is 0 Å². The second kappa shape index (κ2) is 7.36. The standard InChI is InChI=1S/C17H19NO4/c1-19-14-8-7-13(18-11-14)6-5-12-9-15(20-2)17(22-4)16(10-12)21-3/h5-11H,1-4H3/b6-5-. The lowest BCUT2D eigenvalue weighted by Crippen LogP contribution is -1.95. The molecule has 0 spiro atoms. The molecular weight excluding hydrogens is 282 g/mol. The van der Waals surface area contributed by atoms with Gasteiger partial charge in [0.2, 0.25) is 5.75 Å². The van der Waals surface area contributed by atoms with Crippen LogP contribution in [0.1, 0.15) is 11.3 Å². The quantitative estimate of drug-likeness (QED) is 0.819. The summed E-state index contributed by atoms with van der Waals surface area (Å²) in [5, 5.41) is 0. The molecule has 0 amide bonds. The van der Waals surface area contributed by atoms with Crippen molar-refractivity contribution in [3.05, 3.63) is 41.7 Å². The molecule has 0 saturated heterocycles. The van der Waals surface area contributed by atoms with Crippen LogP contribution in [-0.4, -0.2) is 33.4 Å². The molecule has 0 fully saturated rings. The van der Waals surface area contributed by atoms with Gasteiger partial charge in [-0.05, 0) is 35.9 Å². The molecule has 2 rings (SSSR count). The van der Waals surface area contributed by atoms with Crippen molar-refractivity contribution in [2.45, 2.75) is 0 Å². The third kappa shape index (κ3) is 3.49. The Kier molecular flexibility index (Phi) is 5.25. The van der Waals surface area contributed by atoms with E-state index < -0.39 is 0 Å². The van der Waals surface area contributed by atoms with Gasteiger partial charge in [0.05, 0.1) is 40.3 Å². The van der Waals surface area contributed by atoms with E-state index in [4.69, 9.17) is 18.9 Å². The second-order valence-corrected chi connectivity index (χ2v) is 4.41. The molecule has 0 aliphatic heterocycles. The van der Waals surface area contributed by atoms with Crippen LogP contribution in [-0.2, 0) is 0 Å². The normalized spacial score (nSPS) is 10.5. The van der Waals surface area contributed by atoms with Crippen molar-refractivity contribution in [3.63, 3.8) is 0 Å². The van der Waals surface area contributed by atoms with E-state index in [0.29, 0.717) is 17.2 Å². The Morgan fingerprint density at radius 3 is 1.95 bits per heavy atom. The van der Waals surface area contributed by atoms with Gasteiger partial charge in [-0.25, -0.2) is 0 Å². The van der Waals surface area contributed by atoms with Gasteiger partial charge in [0.15, 0.2) is 11.5 Å². The largest absolute Gasteiger partial charge is 0.495 e. The second-order valence-electron chi connectivity index (χ2n) is 4.41. The van der Waals surface area contributed by atoms with E-state index in [9.17, 15) is 0 Å². The van der Waals surface area contributed by atoms with E-state index >= 15 is 0 Å². The average Bonchev–Trinajstić information content (AvgIpc) is 2.59. The summed E-state index contributed by atoms with van der Waals surface area (Å²) < 4.78 is 21.0. The number of rotatable bonds is 6. The summed E-state index contributed by atoms with van der Waals surface area (Å²) >= 11 is 0. The number of hydrogen-bond donors (Lipinski definition) is 0. The predicted octanol–water partition coefficient (Wildman–Crippen LogP) is 3.29. The minimum Gasteiger partial charge on any atom is -0.495 e. The van der Waals surface area contributed by atoms with Crippen molar-refractivity contribution in [1.29, 1.82) is 0 Å². The molecular formula is C17H19NO4. The van der Waals surface area contributed by atoms with Gasteiger partial charge >= 0.3 is 0 Å². The molecule has 22 heavy (non-hydrogen) atoms. The summed E-state index contributed by atoms with van der Waals surface area (Å²) in [6.07, 6.45) is 5.51. The van der Waals surface area contributed by atoms with Gasteiger partial charge in [0.1, 0.15) is 5.75 Å². The number of aromatic nitrogens is 1. The molecule has 1 aromatic heterocycles. The minimum atomic E-state index is 0.574. The van der Waals surface area contributed by atoms with Gasteiger partial charge in [-0.15, -0.1) is 0 Å². The van der Waals surface area contributed by atoms with Crippen molar-refractivity contribution < 1.29 is 18.9 Å². The van der Waals surface area contributed by atoms with Crippen molar-refractivity contribution >= 4 is 12.2 Å².